The minimum Gasteiger partial charge on any atom is -0.493 e. The maximum atomic E-state index is 12.9. The molecular formula is C25H32N2O5. The van der Waals surface area contributed by atoms with Crippen molar-refractivity contribution in [1.29, 1.82) is 0 Å². The van der Waals surface area contributed by atoms with Gasteiger partial charge >= 0.3 is 0 Å². The molecule has 2 aromatic rings. The Labute approximate surface area is 189 Å². The Morgan fingerprint density at radius 2 is 1.59 bits per heavy atom. The Balaban J connectivity index is 1.97. The van der Waals surface area contributed by atoms with E-state index in [0.717, 1.165) is 11.1 Å². The van der Waals surface area contributed by atoms with Crippen molar-refractivity contribution >= 4 is 17.6 Å². The third-order valence-corrected chi connectivity index (χ3v) is 5.24. The van der Waals surface area contributed by atoms with Crippen molar-refractivity contribution in [2.24, 2.45) is 5.92 Å². The Morgan fingerprint density at radius 1 is 0.938 bits per heavy atom. The summed E-state index contributed by atoms with van der Waals surface area (Å²) in [5, 5.41) is 2.89. The van der Waals surface area contributed by atoms with Crippen LogP contribution >= 0.6 is 0 Å². The molecule has 0 unspecified atom stereocenters. The molecule has 0 spiro atoms. The van der Waals surface area contributed by atoms with E-state index in [4.69, 9.17) is 9.47 Å². The van der Waals surface area contributed by atoms with E-state index >= 15 is 0 Å². The van der Waals surface area contributed by atoms with Crippen molar-refractivity contribution in [3.63, 3.8) is 0 Å². The molecule has 2 aromatic carbocycles. The van der Waals surface area contributed by atoms with Gasteiger partial charge in [-0.1, -0.05) is 50.2 Å². The number of ether oxygens (including phenoxy) is 2. The molecule has 0 saturated carbocycles. The molecule has 2 amide bonds. The highest BCUT2D eigenvalue weighted by Gasteiger charge is 2.32. The van der Waals surface area contributed by atoms with Crippen molar-refractivity contribution in [3.8, 4) is 11.5 Å². The highest BCUT2D eigenvalue weighted by molar-refractivity contribution is 6.36. The number of likely N-dealkylation sites (N-methyl/N-ethyl adjacent to an activating group) is 1. The zero-order chi connectivity index (χ0) is 23.7. The van der Waals surface area contributed by atoms with Crippen LogP contribution in [-0.2, 0) is 27.2 Å². The molecule has 0 aromatic heterocycles. The Morgan fingerprint density at radius 3 is 2.19 bits per heavy atom. The molecule has 32 heavy (non-hydrogen) atoms. The third-order valence-electron chi connectivity index (χ3n) is 5.24. The molecular weight excluding hydrogens is 408 g/mol. The van der Waals surface area contributed by atoms with Gasteiger partial charge in [-0.05, 0) is 35.6 Å². The van der Waals surface area contributed by atoms with Gasteiger partial charge in [0.15, 0.2) is 11.5 Å². The second-order valence-corrected chi connectivity index (χ2v) is 7.92. The molecule has 0 fully saturated rings. The van der Waals surface area contributed by atoms with Crippen LogP contribution in [0.4, 0.5) is 0 Å². The predicted octanol–water partition coefficient (Wildman–Crippen LogP) is 2.66. The highest BCUT2D eigenvalue weighted by Crippen LogP contribution is 2.27. The average Bonchev–Trinajstić information content (AvgIpc) is 2.78. The molecule has 0 heterocycles. The van der Waals surface area contributed by atoms with E-state index < -0.39 is 17.7 Å². The zero-order valence-corrected chi connectivity index (χ0v) is 19.4. The first-order valence-electron chi connectivity index (χ1n) is 10.6. The predicted molar refractivity (Wildman–Crippen MR) is 123 cm³/mol. The van der Waals surface area contributed by atoms with Crippen LogP contribution in [0.3, 0.4) is 0 Å². The lowest BCUT2D eigenvalue weighted by molar-refractivity contribution is -0.148. The number of ketones is 1. The summed E-state index contributed by atoms with van der Waals surface area (Å²) in [5.74, 6) is -0.387. The number of nitrogens with zero attached hydrogens (tertiary/aromatic N) is 1. The molecule has 1 atom stereocenters. The average molecular weight is 441 g/mol. The fraction of sp³-hybridized carbons (Fsp3) is 0.400. The SMILES string of the molecule is COc1ccc(CCNC(=O)[C@H](C(C)C)N(C)C(=O)C(=O)Cc2ccccc2)cc1OC. The topological polar surface area (TPSA) is 84.9 Å². The summed E-state index contributed by atoms with van der Waals surface area (Å²) >= 11 is 0. The lowest BCUT2D eigenvalue weighted by Crippen LogP contribution is -2.52. The van der Waals surface area contributed by atoms with E-state index in [0.29, 0.717) is 24.5 Å². The smallest absolute Gasteiger partial charge is 0.290 e. The molecule has 0 saturated heterocycles. The van der Waals surface area contributed by atoms with Crippen LogP contribution in [0.25, 0.3) is 0 Å². The molecule has 0 aliphatic heterocycles. The van der Waals surface area contributed by atoms with E-state index in [1.807, 2.05) is 50.2 Å². The van der Waals surface area contributed by atoms with Crippen LogP contribution in [-0.4, -0.2) is 56.4 Å². The van der Waals surface area contributed by atoms with Gasteiger partial charge in [-0.25, -0.2) is 0 Å². The largest absolute Gasteiger partial charge is 0.493 e. The summed E-state index contributed by atoms with van der Waals surface area (Å²) in [5.41, 5.74) is 1.74. The molecule has 172 valence electrons. The monoisotopic (exact) mass is 440 g/mol. The lowest BCUT2D eigenvalue weighted by atomic mass is 10.0. The van der Waals surface area contributed by atoms with Gasteiger partial charge < -0.3 is 19.7 Å². The highest BCUT2D eigenvalue weighted by atomic mass is 16.5. The van der Waals surface area contributed by atoms with Gasteiger partial charge in [0.2, 0.25) is 11.7 Å². The molecule has 7 heteroatoms. The summed E-state index contributed by atoms with van der Waals surface area (Å²) in [6, 6.07) is 13.9. The maximum Gasteiger partial charge on any atom is 0.290 e. The molecule has 0 bridgehead atoms. The summed E-state index contributed by atoms with van der Waals surface area (Å²) < 4.78 is 10.5. The fourth-order valence-corrected chi connectivity index (χ4v) is 3.58. The van der Waals surface area contributed by atoms with Crippen LogP contribution in [0.15, 0.2) is 48.5 Å². The maximum absolute atomic E-state index is 12.9. The first-order valence-corrected chi connectivity index (χ1v) is 10.6. The Kier molecular flexibility index (Phi) is 9.25. The number of rotatable bonds is 11. The minimum atomic E-state index is -0.743. The molecule has 0 radical (unpaired) electrons. The van der Waals surface area contributed by atoms with Gasteiger partial charge in [0.25, 0.3) is 5.91 Å². The summed E-state index contributed by atoms with van der Waals surface area (Å²) in [4.78, 5) is 39.3. The summed E-state index contributed by atoms with van der Waals surface area (Å²) in [6.07, 6.45) is 0.595. The zero-order valence-electron chi connectivity index (χ0n) is 19.4. The molecule has 0 aliphatic carbocycles. The standard InChI is InChI=1S/C25H32N2O5/c1-17(2)23(27(3)25(30)20(28)15-18-9-7-6-8-10-18)24(29)26-14-13-19-11-12-21(31-4)22(16-19)32-5/h6-12,16-17,23H,13-15H2,1-5H3,(H,26,29)/t23-/m0/s1. The molecule has 7 nitrogen and oxygen atoms in total. The van der Waals surface area contributed by atoms with Crippen molar-refractivity contribution in [2.75, 3.05) is 27.8 Å². The molecule has 0 aliphatic rings. The van der Waals surface area contributed by atoms with Gasteiger partial charge in [0.05, 0.1) is 14.2 Å². The lowest BCUT2D eigenvalue weighted by Gasteiger charge is -2.29. The second kappa shape index (κ2) is 11.9. The number of nitrogens with one attached hydrogen (secondary N) is 1. The normalized spacial score (nSPS) is 11.6. The van der Waals surface area contributed by atoms with E-state index in [1.165, 1.54) is 11.9 Å². The first-order chi connectivity index (χ1) is 15.3. The summed E-state index contributed by atoms with van der Waals surface area (Å²) in [7, 11) is 4.65. The quantitative estimate of drug-likeness (QED) is 0.543. The number of Topliss-reactive ketones (excluding diaryl/α,β-unsaturated/α-hetero) is 1. The minimum absolute atomic E-state index is 0.00967. The number of amides is 2. The summed E-state index contributed by atoms with van der Waals surface area (Å²) in [6.45, 7) is 4.09. The van der Waals surface area contributed by atoms with E-state index in [2.05, 4.69) is 5.32 Å². The number of hydrogen-bond donors (Lipinski definition) is 1. The Hall–Kier alpha value is -3.35. The van der Waals surface area contributed by atoms with Gasteiger partial charge in [-0.2, -0.15) is 0 Å². The van der Waals surface area contributed by atoms with Gasteiger partial charge in [-0.3, -0.25) is 14.4 Å². The van der Waals surface area contributed by atoms with E-state index in [9.17, 15) is 14.4 Å². The van der Waals surface area contributed by atoms with Crippen molar-refractivity contribution in [3.05, 3.63) is 59.7 Å². The third kappa shape index (κ3) is 6.57. The van der Waals surface area contributed by atoms with E-state index in [-0.39, 0.29) is 18.2 Å². The number of carbonyl (C=O) groups excluding carboxylic acids is 3. The number of methoxy groups -OCH3 is 2. The Bertz CT molecular complexity index is 927. The van der Waals surface area contributed by atoms with Crippen LogP contribution in [0, 0.1) is 5.92 Å². The van der Waals surface area contributed by atoms with Crippen molar-refractivity contribution in [2.45, 2.75) is 32.7 Å². The van der Waals surface area contributed by atoms with E-state index in [1.54, 1.807) is 26.4 Å². The van der Waals surface area contributed by atoms with Crippen LogP contribution < -0.4 is 14.8 Å². The van der Waals surface area contributed by atoms with Crippen molar-refractivity contribution < 1.29 is 23.9 Å². The van der Waals surface area contributed by atoms with Crippen LogP contribution in [0.1, 0.15) is 25.0 Å². The van der Waals surface area contributed by atoms with Crippen LogP contribution in [0.2, 0.25) is 0 Å². The molecule has 1 N–H and O–H groups in total. The fourth-order valence-electron chi connectivity index (χ4n) is 3.58. The number of carbonyl (C=O) groups is 3. The second-order valence-electron chi connectivity index (χ2n) is 7.92. The first kappa shape index (κ1) is 24.9. The molecule has 2 rings (SSSR count). The number of benzene rings is 2. The van der Waals surface area contributed by atoms with Crippen molar-refractivity contribution in [1.82, 2.24) is 10.2 Å². The van der Waals surface area contributed by atoms with Gasteiger partial charge in [0.1, 0.15) is 6.04 Å². The van der Waals surface area contributed by atoms with Gasteiger partial charge in [0, 0.05) is 20.0 Å². The van der Waals surface area contributed by atoms with Crippen LogP contribution in [0.5, 0.6) is 11.5 Å². The number of hydrogen-bond acceptors (Lipinski definition) is 5. The van der Waals surface area contributed by atoms with Gasteiger partial charge in [-0.15, -0.1) is 0 Å².